The number of Topliss-reactive ketones (excluding diaryl/α,β-unsaturated/α-hetero) is 1. The second-order valence-corrected chi connectivity index (χ2v) is 3.62. The highest BCUT2D eigenvalue weighted by Crippen LogP contribution is 2.22. The summed E-state index contributed by atoms with van der Waals surface area (Å²) in [7, 11) is 0. The van der Waals surface area contributed by atoms with E-state index >= 15 is 0 Å². The van der Waals surface area contributed by atoms with E-state index in [1.165, 1.54) is 0 Å². The molecule has 2 aromatic rings. The van der Waals surface area contributed by atoms with Crippen molar-refractivity contribution in [2.75, 3.05) is 0 Å². The molecule has 0 aliphatic carbocycles. The average molecular weight is 282 g/mol. The van der Waals surface area contributed by atoms with Crippen LogP contribution in [0.5, 0.6) is 0 Å². The van der Waals surface area contributed by atoms with Gasteiger partial charge in [0, 0.05) is 16.6 Å². The van der Waals surface area contributed by atoms with Gasteiger partial charge in [-0.2, -0.15) is 0 Å². The number of hydrogen-bond donors (Lipinski definition) is 1. The first kappa shape index (κ1) is 17.4. The van der Waals surface area contributed by atoms with Crippen molar-refractivity contribution in [2.24, 2.45) is 0 Å². The number of ketones is 1. The summed E-state index contributed by atoms with van der Waals surface area (Å²) < 4.78 is 0. The van der Waals surface area contributed by atoms with E-state index in [1.54, 1.807) is 13.0 Å². The van der Waals surface area contributed by atoms with E-state index in [4.69, 9.17) is 11.6 Å². The van der Waals surface area contributed by atoms with Crippen LogP contribution < -0.4 is 0 Å². The van der Waals surface area contributed by atoms with Crippen molar-refractivity contribution in [3.05, 3.63) is 35.5 Å². The summed E-state index contributed by atoms with van der Waals surface area (Å²) in [4.78, 5) is 25.4. The minimum Gasteiger partial charge on any atom is -0.358 e. The molecular formula is C15H20ClNO2. The van der Waals surface area contributed by atoms with Crippen LogP contribution in [0.1, 0.15) is 43.7 Å². The molecule has 0 saturated heterocycles. The Morgan fingerprint density at radius 1 is 1.05 bits per heavy atom. The number of aromatic amines is 1. The molecule has 104 valence electrons. The molecule has 1 heterocycles. The smallest absolute Gasteiger partial charge is 0.293 e. The monoisotopic (exact) mass is 281 g/mol. The zero-order valence-corrected chi connectivity index (χ0v) is 12.8. The van der Waals surface area contributed by atoms with Crippen LogP contribution in [0.2, 0.25) is 0 Å². The first-order valence-corrected chi connectivity index (χ1v) is 6.80. The van der Waals surface area contributed by atoms with Crippen molar-refractivity contribution >= 4 is 33.5 Å². The van der Waals surface area contributed by atoms with Crippen LogP contribution >= 0.6 is 11.6 Å². The fourth-order valence-electron chi connectivity index (χ4n) is 1.67. The standard InChI is InChI=1S/C11H8ClNO2.2C2H6/c1-6-9(10(14)11(12)15)7-4-2-3-5-8(7)13-6;2*1-2/h2-5,13H,1H3;2*1-2H3. The van der Waals surface area contributed by atoms with Gasteiger partial charge in [0.1, 0.15) is 0 Å². The summed E-state index contributed by atoms with van der Waals surface area (Å²) in [6, 6.07) is 7.30. The molecule has 0 fully saturated rings. The molecule has 0 unspecified atom stereocenters. The molecule has 0 radical (unpaired) electrons. The van der Waals surface area contributed by atoms with Gasteiger partial charge in [-0.05, 0) is 24.6 Å². The Bertz CT molecular complexity index is 558. The van der Waals surface area contributed by atoms with Gasteiger partial charge in [0.15, 0.2) is 0 Å². The number of halogens is 1. The minimum atomic E-state index is -0.956. The molecule has 0 amide bonds. The molecule has 0 saturated carbocycles. The molecule has 0 bridgehead atoms. The summed E-state index contributed by atoms with van der Waals surface area (Å²) in [5.74, 6) is -0.661. The first-order chi connectivity index (χ1) is 9.11. The Kier molecular flexibility index (Phi) is 7.77. The highest BCUT2D eigenvalue weighted by atomic mass is 35.5. The van der Waals surface area contributed by atoms with Crippen molar-refractivity contribution in [2.45, 2.75) is 34.6 Å². The Morgan fingerprint density at radius 3 is 2.11 bits per heavy atom. The maximum Gasteiger partial charge on any atom is 0.293 e. The van der Waals surface area contributed by atoms with Crippen LogP contribution in [0.4, 0.5) is 0 Å². The zero-order chi connectivity index (χ0) is 15.0. The lowest BCUT2D eigenvalue weighted by Crippen LogP contribution is -2.08. The van der Waals surface area contributed by atoms with Crippen LogP contribution in [-0.4, -0.2) is 16.0 Å². The Labute approximate surface area is 119 Å². The van der Waals surface area contributed by atoms with E-state index in [0.717, 1.165) is 10.9 Å². The van der Waals surface area contributed by atoms with Crippen LogP contribution in [0.15, 0.2) is 24.3 Å². The van der Waals surface area contributed by atoms with Gasteiger partial charge in [-0.25, -0.2) is 0 Å². The quantitative estimate of drug-likeness (QED) is 0.501. The molecule has 1 aromatic carbocycles. The zero-order valence-electron chi connectivity index (χ0n) is 12.0. The molecular weight excluding hydrogens is 262 g/mol. The minimum absolute atomic E-state index is 0.366. The second kappa shape index (κ2) is 8.48. The van der Waals surface area contributed by atoms with E-state index in [0.29, 0.717) is 11.3 Å². The SMILES string of the molecule is CC.CC.Cc1[nH]c2ccccc2c1C(=O)C(=O)Cl. The number of aryl methyl sites for hydroxylation is 1. The van der Waals surface area contributed by atoms with Gasteiger partial charge < -0.3 is 4.98 Å². The summed E-state index contributed by atoms with van der Waals surface area (Å²) in [5.41, 5.74) is 1.86. The number of H-pyrrole nitrogens is 1. The number of benzene rings is 1. The van der Waals surface area contributed by atoms with Crippen molar-refractivity contribution in [3.8, 4) is 0 Å². The molecule has 2 rings (SSSR count). The average Bonchev–Trinajstić information content (AvgIpc) is 2.78. The van der Waals surface area contributed by atoms with Gasteiger partial charge in [-0.1, -0.05) is 45.9 Å². The lowest BCUT2D eigenvalue weighted by Gasteiger charge is -1.94. The van der Waals surface area contributed by atoms with E-state index in [2.05, 4.69) is 4.98 Å². The Morgan fingerprint density at radius 2 is 1.58 bits per heavy atom. The summed E-state index contributed by atoms with van der Waals surface area (Å²) in [6.07, 6.45) is 0. The van der Waals surface area contributed by atoms with Crippen molar-refractivity contribution in [1.82, 2.24) is 4.98 Å². The van der Waals surface area contributed by atoms with Crippen LogP contribution in [0.3, 0.4) is 0 Å². The van der Waals surface area contributed by atoms with E-state index < -0.39 is 11.0 Å². The number of aromatic nitrogens is 1. The first-order valence-electron chi connectivity index (χ1n) is 6.42. The second-order valence-electron chi connectivity index (χ2n) is 3.27. The molecule has 4 heteroatoms. The third-order valence-corrected chi connectivity index (χ3v) is 2.47. The van der Waals surface area contributed by atoms with Crippen LogP contribution in [0, 0.1) is 6.92 Å². The fraction of sp³-hybridized carbons (Fsp3) is 0.333. The molecule has 0 aliphatic heterocycles. The molecule has 0 spiro atoms. The summed E-state index contributed by atoms with van der Waals surface area (Å²) >= 11 is 5.19. The summed E-state index contributed by atoms with van der Waals surface area (Å²) in [6.45, 7) is 9.74. The van der Waals surface area contributed by atoms with Crippen molar-refractivity contribution < 1.29 is 9.59 Å². The number of carbonyl (C=O) groups is 2. The fourth-order valence-corrected chi connectivity index (χ4v) is 1.76. The topological polar surface area (TPSA) is 49.9 Å². The molecule has 1 aromatic heterocycles. The number of hydrogen-bond acceptors (Lipinski definition) is 2. The highest BCUT2D eigenvalue weighted by molar-refractivity contribution is 6.83. The van der Waals surface area contributed by atoms with Crippen LogP contribution in [0.25, 0.3) is 10.9 Å². The van der Waals surface area contributed by atoms with Gasteiger partial charge in [-0.15, -0.1) is 0 Å². The lowest BCUT2D eigenvalue weighted by atomic mass is 10.1. The largest absolute Gasteiger partial charge is 0.358 e. The number of rotatable bonds is 2. The van der Waals surface area contributed by atoms with E-state index in [1.807, 2.05) is 45.9 Å². The Balaban J connectivity index is 0.000000741. The van der Waals surface area contributed by atoms with Gasteiger partial charge in [-0.3, -0.25) is 9.59 Å². The normalized spacial score (nSPS) is 8.95. The predicted octanol–water partition coefficient (Wildman–Crippen LogP) is 4.48. The third-order valence-electron chi connectivity index (χ3n) is 2.30. The number of fused-ring (bicyclic) bond motifs is 1. The molecule has 1 N–H and O–H groups in total. The number of nitrogens with one attached hydrogen (secondary N) is 1. The number of carbonyl (C=O) groups excluding carboxylic acids is 2. The Hall–Kier alpha value is -1.61. The van der Waals surface area contributed by atoms with Crippen LogP contribution in [-0.2, 0) is 4.79 Å². The predicted molar refractivity (Wildman–Crippen MR) is 80.9 cm³/mol. The van der Waals surface area contributed by atoms with Crippen molar-refractivity contribution in [1.29, 1.82) is 0 Å². The van der Waals surface area contributed by atoms with Gasteiger partial charge >= 0.3 is 0 Å². The molecule has 3 nitrogen and oxygen atoms in total. The van der Waals surface area contributed by atoms with Gasteiger partial charge in [0.25, 0.3) is 5.24 Å². The van der Waals surface area contributed by atoms with Gasteiger partial charge in [0.2, 0.25) is 5.78 Å². The maximum atomic E-state index is 11.5. The molecule has 0 aliphatic rings. The van der Waals surface area contributed by atoms with Gasteiger partial charge in [0.05, 0.1) is 5.56 Å². The third kappa shape index (κ3) is 3.93. The molecule has 19 heavy (non-hydrogen) atoms. The highest BCUT2D eigenvalue weighted by Gasteiger charge is 2.20. The maximum absolute atomic E-state index is 11.5. The summed E-state index contributed by atoms with van der Waals surface area (Å²) in [5, 5.41) is -0.225. The number of para-hydroxylation sites is 1. The van der Waals surface area contributed by atoms with Crippen molar-refractivity contribution in [3.63, 3.8) is 0 Å². The van der Waals surface area contributed by atoms with E-state index in [9.17, 15) is 9.59 Å². The lowest BCUT2D eigenvalue weighted by molar-refractivity contribution is -0.108. The van der Waals surface area contributed by atoms with E-state index in [-0.39, 0.29) is 0 Å². The molecule has 0 atom stereocenters.